The second-order valence-electron chi connectivity index (χ2n) is 19.1. The van der Waals surface area contributed by atoms with Gasteiger partial charge < -0.3 is 9.13 Å². The van der Waals surface area contributed by atoms with Crippen molar-refractivity contribution in [2.75, 3.05) is 0 Å². The van der Waals surface area contributed by atoms with Crippen LogP contribution in [0.15, 0.2) is 158 Å². The van der Waals surface area contributed by atoms with Gasteiger partial charge >= 0.3 is 0 Å². The Morgan fingerprint density at radius 2 is 0.756 bits per heavy atom. The highest BCUT2D eigenvalue weighted by molar-refractivity contribution is 6.14. The summed E-state index contributed by atoms with van der Waals surface area (Å²) >= 11 is 0. The van der Waals surface area contributed by atoms with Crippen molar-refractivity contribution in [2.45, 2.75) is 13.8 Å². The number of benzene rings is 9. The molecule has 0 atom stereocenters. The van der Waals surface area contributed by atoms with Gasteiger partial charge in [-0.15, -0.1) is 0 Å². The summed E-state index contributed by atoms with van der Waals surface area (Å²) in [7, 11) is 0. The van der Waals surface area contributed by atoms with Crippen LogP contribution in [0.25, 0.3) is 140 Å². The zero-order valence-electron chi connectivity index (χ0n) is 43.3. The molecule has 0 saturated carbocycles. The van der Waals surface area contributed by atoms with Crippen molar-refractivity contribution in [1.29, 1.82) is 15.8 Å². The molecule has 0 aliphatic heterocycles. The molecular weight excluding hydrogens is 1010 g/mol. The van der Waals surface area contributed by atoms with Crippen LogP contribution in [0, 0.1) is 87.3 Å². The van der Waals surface area contributed by atoms with E-state index in [4.69, 9.17) is 49.4 Å². The second-order valence-corrected chi connectivity index (χ2v) is 19.1. The van der Waals surface area contributed by atoms with Crippen molar-refractivity contribution < 1.29 is 0 Å². The van der Waals surface area contributed by atoms with Crippen LogP contribution in [0.5, 0.6) is 0 Å². The third kappa shape index (κ3) is 8.17. The van der Waals surface area contributed by atoms with Gasteiger partial charge in [0.1, 0.15) is 11.6 Å². The van der Waals surface area contributed by atoms with Gasteiger partial charge in [0.05, 0.1) is 85.4 Å². The van der Waals surface area contributed by atoms with E-state index in [9.17, 15) is 15.8 Å². The van der Waals surface area contributed by atoms with Gasteiger partial charge in [-0.25, -0.2) is 44.0 Å². The van der Waals surface area contributed by atoms with E-state index in [0.29, 0.717) is 140 Å². The molecular formula is C68H32N14. The molecule has 0 spiro atoms. The summed E-state index contributed by atoms with van der Waals surface area (Å²) in [6, 6.07) is 53.8. The lowest BCUT2D eigenvalue weighted by molar-refractivity contribution is 0.926. The molecule has 0 amide bonds. The number of aryl methyl sites for hydroxylation is 2. The minimum atomic E-state index is 0.213. The number of hydrogen-bond acceptors (Lipinski definition) is 6. The smallest absolute Gasteiger partial charge is 0.212 e. The predicted molar refractivity (Wildman–Crippen MR) is 317 cm³/mol. The highest BCUT2D eigenvalue weighted by Crippen LogP contribution is 2.47. The quantitative estimate of drug-likeness (QED) is 0.145. The van der Waals surface area contributed by atoms with E-state index < -0.39 is 0 Å². The topological polar surface area (TPSA) is 146 Å². The molecule has 0 unspecified atom stereocenters. The van der Waals surface area contributed by atoms with E-state index in [0.717, 1.165) is 21.5 Å². The van der Waals surface area contributed by atoms with Crippen LogP contribution in [0.3, 0.4) is 0 Å². The first kappa shape index (κ1) is 49.9. The molecule has 14 nitrogen and oxygen atoms in total. The lowest BCUT2D eigenvalue weighted by atomic mass is 9.98. The summed E-state index contributed by atoms with van der Waals surface area (Å²) in [6.07, 6.45) is 0. The Bertz CT molecular complexity index is 4980. The van der Waals surface area contributed by atoms with Gasteiger partial charge in [-0.1, -0.05) is 91.0 Å². The minimum Gasteiger partial charge on any atom is -0.319 e. The summed E-state index contributed by atoms with van der Waals surface area (Å²) < 4.78 is 4.04. The Balaban J connectivity index is 1.22. The van der Waals surface area contributed by atoms with Gasteiger partial charge in [0.2, 0.25) is 5.69 Å². The molecule has 9 aromatic carbocycles. The van der Waals surface area contributed by atoms with E-state index in [2.05, 4.69) is 52.3 Å². The van der Waals surface area contributed by atoms with E-state index in [1.807, 2.05) is 94.1 Å². The molecule has 0 aliphatic rings. The van der Waals surface area contributed by atoms with Crippen molar-refractivity contribution in [3.63, 3.8) is 0 Å². The van der Waals surface area contributed by atoms with Gasteiger partial charge in [0.15, 0.2) is 34.3 Å². The van der Waals surface area contributed by atoms with E-state index in [1.54, 1.807) is 86.6 Å². The minimum absolute atomic E-state index is 0.213. The van der Waals surface area contributed by atoms with Crippen LogP contribution in [0.1, 0.15) is 28.3 Å². The summed E-state index contributed by atoms with van der Waals surface area (Å²) in [5, 5.41) is 33.2. The molecule has 3 aromatic heterocycles. The Hall–Kier alpha value is -13.0. The van der Waals surface area contributed by atoms with Gasteiger partial charge in [-0.2, -0.15) is 15.8 Å². The number of rotatable bonds is 7. The molecule has 0 saturated heterocycles. The number of aromatic nitrogens is 5. The van der Waals surface area contributed by atoms with Crippen LogP contribution in [-0.4, -0.2) is 24.1 Å². The normalized spacial score (nSPS) is 10.7. The van der Waals surface area contributed by atoms with E-state index in [1.165, 1.54) is 0 Å². The maximum absolute atomic E-state index is 10.4. The van der Waals surface area contributed by atoms with Crippen molar-refractivity contribution in [1.82, 2.24) is 24.1 Å². The molecule has 12 aromatic rings. The summed E-state index contributed by atoms with van der Waals surface area (Å²) in [5.41, 5.74) is 12.1. The van der Waals surface area contributed by atoms with Crippen LogP contribution < -0.4 is 0 Å². The predicted octanol–water partition coefficient (Wildman–Crippen LogP) is 17.9. The first-order valence-electron chi connectivity index (χ1n) is 25.1. The van der Waals surface area contributed by atoms with Gasteiger partial charge in [0.25, 0.3) is 0 Å². The van der Waals surface area contributed by atoms with Crippen LogP contribution >= 0.6 is 0 Å². The average molecular weight is 1050 g/mol. The summed E-state index contributed by atoms with van der Waals surface area (Å²) in [5.74, 6) is 1.19. The Labute approximate surface area is 469 Å². The van der Waals surface area contributed by atoms with Gasteiger partial charge in [-0.3, -0.25) is 0 Å². The molecule has 14 heteroatoms. The van der Waals surface area contributed by atoms with Crippen molar-refractivity contribution in [3.8, 4) is 85.5 Å². The van der Waals surface area contributed by atoms with Gasteiger partial charge in [-0.05, 0) is 125 Å². The Kier molecular flexibility index (Phi) is 12.1. The molecule has 374 valence electrons. The third-order valence-electron chi connectivity index (χ3n) is 14.6. The number of hydrogen-bond donors (Lipinski definition) is 0. The Morgan fingerprint density at radius 1 is 0.354 bits per heavy atom. The molecule has 12 rings (SSSR count). The average Bonchev–Trinajstić information content (AvgIpc) is 3.22. The monoisotopic (exact) mass is 1040 g/mol. The highest BCUT2D eigenvalue weighted by Gasteiger charge is 2.26. The zero-order chi connectivity index (χ0) is 56.9. The molecule has 0 fully saturated rings. The van der Waals surface area contributed by atoms with Crippen LogP contribution in [0.4, 0.5) is 34.1 Å². The fourth-order valence-corrected chi connectivity index (χ4v) is 10.9. The van der Waals surface area contributed by atoms with E-state index in [-0.39, 0.29) is 11.4 Å². The molecule has 3 heterocycles. The number of nitrogens with zero attached hydrogens (tertiary/aromatic N) is 14. The molecule has 0 bridgehead atoms. The van der Waals surface area contributed by atoms with Gasteiger partial charge in [0, 0.05) is 49.5 Å². The lowest BCUT2D eigenvalue weighted by Crippen LogP contribution is -2.05. The maximum Gasteiger partial charge on any atom is 0.212 e. The highest BCUT2D eigenvalue weighted by atomic mass is 15.1. The third-order valence-corrected chi connectivity index (χ3v) is 14.6. The lowest BCUT2D eigenvalue weighted by Gasteiger charge is -2.19. The molecule has 0 aliphatic carbocycles. The second kappa shape index (κ2) is 19.9. The molecule has 0 N–H and O–H groups in total. The maximum atomic E-state index is 10.4. The first-order chi connectivity index (χ1) is 40.0. The summed E-state index contributed by atoms with van der Waals surface area (Å²) in [4.78, 5) is 37.4. The zero-order valence-corrected chi connectivity index (χ0v) is 43.3. The van der Waals surface area contributed by atoms with Crippen LogP contribution in [0.2, 0.25) is 0 Å². The molecule has 0 radical (unpaired) electrons. The van der Waals surface area contributed by atoms with Crippen molar-refractivity contribution >= 4 is 77.7 Å². The SMILES string of the molecule is [C-]#[N+]c1ccc(-c2ccc3c4ccc(-c5ccc(C#N)cc5[N+]#[C-])cc4n(-c4cc([N+]#[C-])c(-n5c6cc(-c7ccc(C#N)cc7[N+]#[C-])ccc6c6ccc(-c7ccc([N+]#[C-])cc7[N+]#[C-])cc65)cc4-c4nc(C)nc(C)n4)c3c2)c(C#N)c1. The Morgan fingerprint density at radius 3 is 1.18 bits per heavy atom. The van der Waals surface area contributed by atoms with E-state index >= 15 is 0 Å². The largest absolute Gasteiger partial charge is 0.319 e. The van der Waals surface area contributed by atoms with Crippen LogP contribution in [-0.2, 0) is 0 Å². The fourth-order valence-electron chi connectivity index (χ4n) is 10.9. The standard InChI is InChI=1S/C68H32N14/c1-38-78-39(2)80-68(79-38)57-33-67(82-64-30-44(51-18-10-41(36-70)26-59(51)75-6)13-21-55(64)56-22-14-45(31-65(56)82)52-24-16-48(73-4)32-60(52)76-7)61(77-8)34-66(57)81-62-28-42(49-23-15-47(72-3)27-46(49)37-71)11-19-53(62)54-20-12-43(29-63(54)81)50-17-9-40(35-69)25-58(50)74-5/h9-34H,1-2H3. The first-order valence-corrected chi connectivity index (χ1v) is 25.1. The van der Waals surface area contributed by atoms with Crippen molar-refractivity contribution in [3.05, 3.63) is 255 Å². The fraction of sp³-hybridized carbons (Fsp3) is 0.0294. The summed E-state index contributed by atoms with van der Waals surface area (Å²) in [6.45, 7) is 52.4. The number of fused-ring (bicyclic) bond motifs is 6. The van der Waals surface area contributed by atoms with Crippen molar-refractivity contribution in [2.24, 2.45) is 0 Å². The number of nitriles is 3. The molecule has 82 heavy (non-hydrogen) atoms.